The molecule has 0 bridgehead atoms. The highest BCUT2D eigenvalue weighted by Crippen LogP contribution is 2.38. The molecule has 1 aliphatic rings. The molecule has 3 N–H and O–H groups in total. The Labute approximate surface area is 505 Å². The highest BCUT2D eigenvalue weighted by Gasteiger charge is 2.39. The number of Topliss-reactive ketones (excluding diaryl/α,β-unsaturated/α-hetero) is 3. The van der Waals surface area contributed by atoms with E-state index in [2.05, 4.69) is 36.5 Å². The van der Waals surface area contributed by atoms with Crippen LogP contribution < -0.4 is 19.8 Å². The summed E-state index contributed by atoms with van der Waals surface area (Å²) in [6.07, 6.45) is 3.51. The summed E-state index contributed by atoms with van der Waals surface area (Å²) in [6, 6.07) is 14.2. The third-order valence-electron chi connectivity index (χ3n) is 10.9. The number of hydrogen-bond donors (Lipinski definition) is 3. The maximum absolute atomic E-state index is 12.7. The SMILES string of the molecule is CCOC(=O)COC(=O)c1cc(Oc2ccc(C(F)(F)F)cc2Cl)ccc1[N+](=O)[O-].CCc1cccc(C)c1N(C(=O)CCl)C(C)COC.CS(=O)(=O)c1ccc(C(=O)C2C(=O)CCCC2=O)c([N+](=O)[O-])c1.C[S+](C)C.O=C(O)CNCP(=O)([O-])O. The van der Waals surface area contributed by atoms with Gasteiger partial charge < -0.3 is 43.3 Å². The first-order chi connectivity index (χ1) is 39.9. The van der Waals surface area contributed by atoms with Crippen molar-refractivity contribution < 1.29 is 103 Å². The van der Waals surface area contributed by atoms with Crippen LogP contribution in [-0.2, 0) is 76.1 Å². The first-order valence-corrected chi connectivity index (χ1v) is 32.0. The monoisotopic (exact) mass is 1310 g/mol. The molecule has 0 heterocycles. The number of halogens is 5. The zero-order valence-corrected chi connectivity index (χ0v) is 51.8. The highest BCUT2D eigenvalue weighted by molar-refractivity contribution is 7.94. The molecule has 5 rings (SSSR count). The van der Waals surface area contributed by atoms with Crippen LogP contribution in [0.3, 0.4) is 0 Å². The predicted octanol–water partition coefficient (Wildman–Crippen LogP) is 7.72. The molecule has 4 aromatic rings. The van der Waals surface area contributed by atoms with Gasteiger partial charge in [-0.3, -0.25) is 49.5 Å². The average molecular weight is 1320 g/mol. The number of nitrogens with one attached hydrogen (secondary N) is 1. The largest absolute Gasteiger partial charge is 0.778 e. The van der Waals surface area contributed by atoms with Crippen LogP contribution in [-0.4, -0.2) is 146 Å². The lowest BCUT2D eigenvalue weighted by molar-refractivity contribution is -0.385. The van der Waals surface area contributed by atoms with Gasteiger partial charge in [-0.25, -0.2) is 18.0 Å². The van der Waals surface area contributed by atoms with Crippen molar-refractivity contribution in [3.8, 4) is 11.5 Å². The molecule has 0 spiro atoms. The molecular formula is C53H64Cl2F3N4O21PS2. The van der Waals surface area contributed by atoms with Gasteiger partial charge in [-0.15, -0.1) is 11.6 Å². The fraction of sp³-hybridized carbons (Fsp3) is 0.415. The fourth-order valence-corrected chi connectivity index (χ4v) is 8.66. The lowest BCUT2D eigenvalue weighted by Gasteiger charge is -2.31. The standard InChI is InChI=1S/C18H13ClF3NO7.C15H22ClNO2.C14H13NO7S.C3H8NO5P.C3H9S/c1-2-28-16(24)9-29-17(25)12-8-11(4-5-14(12)23(26)27)30-15-6-3-10(7-13(15)19)18(20,21)22;1-5-13-8-6-7-11(2)15(13)17(14(18)9-16)12(3)10-19-4;1-23(21,22)8-5-6-9(10(7-8)15(19)20)14(18)13-11(16)3-2-4-12(13)17;5-3(6)1-4-2-10(7,8)9;1-4(2)3/h3-8H,2,9H2,1H3;6-8,12H,5,9-10H2,1-4H3;5-7,13H,2-4H2,1H3;4H,1-2H2,(H,5,6)(H2,7,8,9);1-3H3/q;;;;+1/p-1. The van der Waals surface area contributed by atoms with Crippen LogP contribution in [0.15, 0.2) is 77.7 Å². The minimum Gasteiger partial charge on any atom is -0.778 e. The number of sulfone groups is 1. The molecule has 1 fully saturated rings. The van der Waals surface area contributed by atoms with E-state index in [1.807, 2.05) is 31.3 Å². The summed E-state index contributed by atoms with van der Waals surface area (Å²) in [4.78, 5) is 121. The second-order valence-corrected chi connectivity index (χ2v) is 25.1. The molecule has 0 aliphatic heterocycles. The molecule has 1 aliphatic carbocycles. The molecule has 474 valence electrons. The van der Waals surface area contributed by atoms with Gasteiger partial charge in [-0.2, -0.15) is 13.2 Å². The number of carboxylic acids is 1. The summed E-state index contributed by atoms with van der Waals surface area (Å²) in [6.45, 7) is 6.91. The molecule has 0 saturated heterocycles. The van der Waals surface area contributed by atoms with Crippen molar-refractivity contribution in [2.24, 2.45) is 5.92 Å². The van der Waals surface area contributed by atoms with Crippen molar-refractivity contribution in [3.63, 3.8) is 0 Å². The van der Waals surface area contributed by atoms with Crippen molar-refractivity contribution in [1.29, 1.82) is 0 Å². The molecular weight excluding hydrogens is 1250 g/mol. The second-order valence-electron chi connectivity index (χ2n) is 18.3. The van der Waals surface area contributed by atoms with E-state index in [0.29, 0.717) is 30.0 Å². The van der Waals surface area contributed by atoms with Crippen molar-refractivity contribution in [2.75, 3.05) is 75.6 Å². The van der Waals surface area contributed by atoms with Gasteiger partial charge >= 0.3 is 24.1 Å². The fourth-order valence-electron chi connectivity index (χ4n) is 7.27. The Morgan fingerprint density at radius 1 is 0.919 bits per heavy atom. The van der Waals surface area contributed by atoms with Crippen molar-refractivity contribution in [2.45, 2.75) is 70.5 Å². The van der Waals surface area contributed by atoms with E-state index >= 15 is 0 Å². The Morgan fingerprint density at radius 2 is 1.51 bits per heavy atom. The Bertz CT molecular complexity index is 3220. The number of nitrogens with zero attached hydrogens (tertiary/aromatic N) is 3. The number of nitro benzene ring substituents is 2. The van der Waals surface area contributed by atoms with Crippen LogP contribution >= 0.6 is 30.8 Å². The molecule has 4 aromatic carbocycles. The summed E-state index contributed by atoms with van der Waals surface area (Å²) in [5.41, 5.74) is -0.117. The Hall–Kier alpha value is -6.89. The number of rotatable bonds is 21. The number of carbonyl (C=O) groups excluding carboxylic acids is 6. The molecule has 2 unspecified atom stereocenters. The van der Waals surface area contributed by atoms with Crippen LogP contribution in [0.5, 0.6) is 11.5 Å². The van der Waals surface area contributed by atoms with Gasteiger partial charge in [0.05, 0.1) is 87.4 Å². The van der Waals surface area contributed by atoms with Gasteiger partial charge in [-0.1, -0.05) is 36.7 Å². The third kappa shape index (κ3) is 26.4. The number of para-hydroxylation sites is 1. The van der Waals surface area contributed by atoms with Crippen molar-refractivity contribution in [1.82, 2.24) is 5.32 Å². The maximum atomic E-state index is 12.7. The van der Waals surface area contributed by atoms with Crippen LogP contribution in [0, 0.1) is 33.1 Å². The number of nitro groups is 2. The van der Waals surface area contributed by atoms with E-state index in [4.69, 9.17) is 47.4 Å². The van der Waals surface area contributed by atoms with Crippen LogP contribution in [0.2, 0.25) is 5.02 Å². The Morgan fingerprint density at radius 3 is 1.99 bits per heavy atom. The van der Waals surface area contributed by atoms with Crippen molar-refractivity contribution >= 4 is 110 Å². The van der Waals surface area contributed by atoms with E-state index in [1.165, 1.54) is 6.92 Å². The van der Waals surface area contributed by atoms with Crippen LogP contribution in [0.1, 0.15) is 77.4 Å². The lowest BCUT2D eigenvalue weighted by atomic mass is 9.81. The first-order valence-electron chi connectivity index (χ1n) is 25.0. The molecule has 0 radical (unpaired) electrons. The number of ether oxygens (including phenoxy) is 4. The average Bonchev–Trinajstić information content (AvgIpc) is 1.32. The number of anilines is 1. The number of amides is 1. The quantitative estimate of drug-likeness (QED) is 0.0105. The minimum absolute atomic E-state index is 0.0223. The topological polar surface area (TPSA) is 373 Å². The summed E-state index contributed by atoms with van der Waals surface area (Å²) >= 11 is 11.6. The second kappa shape index (κ2) is 36.3. The molecule has 0 aromatic heterocycles. The van der Waals surface area contributed by atoms with E-state index in [1.54, 1.807) is 12.0 Å². The van der Waals surface area contributed by atoms with Crippen molar-refractivity contribution in [3.05, 3.63) is 126 Å². The lowest BCUT2D eigenvalue weighted by Crippen LogP contribution is -2.43. The van der Waals surface area contributed by atoms with Gasteiger partial charge in [0.2, 0.25) is 5.91 Å². The number of ketones is 3. The number of carboxylic acid groups (broad SMARTS) is 1. The van der Waals surface area contributed by atoms with Gasteiger partial charge in [0, 0.05) is 44.4 Å². The summed E-state index contributed by atoms with van der Waals surface area (Å²) in [5.74, 6) is -7.25. The van der Waals surface area contributed by atoms with Gasteiger partial charge in [0.1, 0.15) is 36.5 Å². The number of esters is 2. The molecule has 1 saturated carbocycles. The maximum Gasteiger partial charge on any atom is 0.416 e. The van der Waals surface area contributed by atoms with E-state index in [-0.39, 0.29) is 58.7 Å². The van der Waals surface area contributed by atoms with Gasteiger partial charge in [0.15, 0.2) is 33.8 Å². The molecule has 33 heteroatoms. The summed E-state index contributed by atoms with van der Waals surface area (Å²) < 4.78 is 90.9. The number of methoxy groups -OCH3 is 1. The Kier molecular flexibility index (Phi) is 32.6. The zero-order valence-electron chi connectivity index (χ0n) is 47.8. The minimum atomic E-state index is -4.61. The van der Waals surface area contributed by atoms with E-state index < -0.39 is 122 Å². The van der Waals surface area contributed by atoms with Gasteiger partial charge in [-0.05, 0) is 92.0 Å². The molecule has 25 nitrogen and oxygen atoms in total. The zero-order chi connectivity index (χ0) is 66.0. The Balaban J connectivity index is 0.000000590. The normalized spacial score (nSPS) is 13.2. The smallest absolute Gasteiger partial charge is 0.416 e. The molecule has 1 amide bonds. The number of hydrogen-bond acceptors (Lipinski definition) is 20. The molecule has 86 heavy (non-hydrogen) atoms. The summed E-state index contributed by atoms with van der Waals surface area (Å²) in [5, 5.41) is 31.9. The molecule has 2 atom stereocenters. The number of alkyl halides is 4. The van der Waals surface area contributed by atoms with E-state index in [0.717, 1.165) is 78.0 Å². The number of aliphatic carboxylic acids is 1. The van der Waals surface area contributed by atoms with Crippen LogP contribution in [0.25, 0.3) is 0 Å². The van der Waals surface area contributed by atoms with E-state index in [9.17, 15) is 84.8 Å². The van der Waals surface area contributed by atoms with Gasteiger partial charge in [0.25, 0.3) is 11.4 Å². The number of aryl methyl sites for hydroxylation is 2. The number of benzene rings is 4. The summed E-state index contributed by atoms with van der Waals surface area (Å²) in [7, 11) is -5.77. The highest BCUT2D eigenvalue weighted by atomic mass is 35.5. The third-order valence-corrected chi connectivity index (χ3v) is 13.1. The van der Waals surface area contributed by atoms with Crippen LogP contribution in [0.4, 0.5) is 30.2 Å². The first kappa shape index (κ1) is 77.1. The predicted molar refractivity (Wildman–Crippen MR) is 310 cm³/mol. The number of carbonyl (C=O) groups is 7.